The van der Waals surface area contributed by atoms with E-state index in [1.54, 1.807) is 25.3 Å². The molecule has 1 atom stereocenters. The van der Waals surface area contributed by atoms with Crippen molar-refractivity contribution in [2.45, 2.75) is 25.9 Å². The van der Waals surface area contributed by atoms with Gasteiger partial charge in [-0.15, -0.1) is 0 Å². The van der Waals surface area contributed by atoms with Gasteiger partial charge in [0.05, 0.1) is 12.6 Å². The summed E-state index contributed by atoms with van der Waals surface area (Å²) in [5, 5.41) is 0.626. The van der Waals surface area contributed by atoms with Crippen LogP contribution in [-0.2, 0) is 13.0 Å². The van der Waals surface area contributed by atoms with Crippen LogP contribution < -0.4 is 10.2 Å². The summed E-state index contributed by atoms with van der Waals surface area (Å²) in [4.78, 5) is 27.6. The minimum atomic E-state index is -0.258. The summed E-state index contributed by atoms with van der Waals surface area (Å²) >= 11 is 0. The van der Waals surface area contributed by atoms with E-state index in [-0.39, 0.29) is 22.9 Å². The normalized spacial score (nSPS) is 15.1. The Morgan fingerprint density at radius 1 is 1.22 bits per heavy atom. The van der Waals surface area contributed by atoms with E-state index in [2.05, 4.69) is 17.6 Å². The Hall–Kier alpha value is -3.08. The number of hydrogen-bond acceptors (Lipinski definition) is 3. The van der Waals surface area contributed by atoms with Crippen LogP contribution in [0.25, 0.3) is 10.9 Å². The molecule has 0 saturated carbocycles. The molecule has 0 fully saturated rings. The molecule has 2 aromatic carbocycles. The third kappa shape index (κ3) is 2.89. The number of carbonyl (C=O) groups excluding carboxylic acids is 1. The van der Waals surface area contributed by atoms with Crippen LogP contribution in [0.2, 0.25) is 0 Å². The molecule has 0 bridgehead atoms. The van der Waals surface area contributed by atoms with Crippen LogP contribution in [0.3, 0.4) is 0 Å². The predicted molar refractivity (Wildman–Crippen MR) is 105 cm³/mol. The first-order valence-corrected chi connectivity index (χ1v) is 9.04. The van der Waals surface area contributed by atoms with Crippen molar-refractivity contribution >= 4 is 16.8 Å². The zero-order valence-electron chi connectivity index (χ0n) is 15.7. The number of hydrogen-bond donors (Lipinski definition) is 0. The van der Waals surface area contributed by atoms with Crippen molar-refractivity contribution in [3.05, 3.63) is 75.6 Å². The standard InChI is InChI=1S/C22H22N2O3/c1-14-11-16-5-4-6-18-20(16)24(14)13-19(21(18)25)22(26)23(2)12-15-7-9-17(27-3)10-8-15/h4-10,13-14H,11-12H2,1-3H3/t14-/m0/s1. The summed E-state index contributed by atoms with van der Waals surface area (Å²) in [7, 11) is 3.34. The SMILES string of the molecule is COc1ccc(CN(C)C(=O)c2cn3c4c(cccc4c2=O)C[C@@H]3C)cc1. The summed E-state index contributed by atoms with van der Waals surface area (Å²) in [6.07, 6.45) is 2.62. The number of para-hydroxylation sites is 1. The van der Waals surface area contributed by atoms with Gasteiger partial charge in [-0.3, -0.25) is 9.59 Å². The van der Waals surface area contributed by atoms with E-state index in [1.165, 1.54) is 5.56 Å². The summed E-state index contributed by atoms with van der Waals surface area (Å²) in [5.74, 6) is 0.513. The maximum Gasteiger partial charge on any atom is 0.259 e. The molecule has 1 aliphatic rings. The molecule has 3 aromatic rings. The average molecular weight is 362 g/mol. The smallest absolute Gasteiger partial charge is 0.259 e. The van der Waals surface area contributed by atoms with Crippen LogP contribution in [0.5, 0.6) is 5.75 Å². The zero-order valence-corrected chi connectivity index (χ0v) is 15.7. The van der Waals surface area contributed by atoms with Crippen LogP contribution >= 0.6 is 0 Å². The molecule has 1 aromatic heterocycles. The summed E-state index contributed by atoms with van der Waals surface area (Å²) in [6.45, 7) is 2.54. The van der Waals surface area contributed by atoms with Crippen molar-refractivity contribution < 1.29 is 9.53 Å². The number of nitrogens with zero attached hydrogens (tertiary/aromatic N) is 2. The topological polar surface area (TPSA) is 51.5 Å². The van der Waals surface area contributed by atoms with E-state index in [1.807, 2.05) is 36.4 Å². The number of carbonyl (C=O) groups is 1. The van der Waals surface area contributed by atoms with E-state index in [0.717, 1.165) is 23.3 Å². The van der Waals surface area contributed by atoms with Gasteiger partial charge in [0.15, 0.2) is 0 Å². The molecule has 4 rings (SSSR count). The molecule has 1 amide bonds. The van der Waals surface area contributed by atoms with Gasteiger partial charge in [-0.2, -0.15) is 0 Å². The first-order chi connectivity index (χ1) is 13.0. The summed E-state index contributed by atoms with van der Waals surface area (Å²) < 4.78 is 7.23. The van der Waals surface area contributed by atoms with Crippen molar-refractivity contribution in [3.8, 4) is 5.75 Å². The molecule has 0 radical (unpaired) electrons. The van der Waals surface area contributed by atoms with Crippen LogP contribution in [0.1, 0.15) is 34.5 Å². The number of ether oxygens (including phenoxy) is 1. The van der Waals surface area contributed by atoms with Crippen molar-refractivity contribution in [1.82, 2.24) is 9.47 Å². The zero-order chi connectivity index (χ0) is 19.1. The minimum Gasteiger partial charge on any atom is -0.497 e. The summed E-state index contributed by atoms with van der Waals surface area (Å²) in [6, 6.07) is 13.6. The van der Waals surface area contributed by atoms with E-state index in [9.17, 15) is 9.59 Å². The molecule has 1 aliphatic heterocycles. The molecular weight excluding hydrogens is 340 g/mol. The van der Waals surface area contributed by atoms with Crippen LogP contribution in [-0.4, -0.2) is 29.5 Å². The molecule has 0 spiro atoms. The highest BCUT2D eigenvalue weighted by Crippen LogP contribution is 2.31. The molecule has 5 heteroatoms. The third-order valence-corrected chi connectivity index (χ3v) is 5.28. The monoisotopic (exact) mass is 362 g/mol. The molecule has 138 valence electrons. The number of amides is 1. The first kappa shape index (κ1) is 17.3. The number of rotatable bonds is 4. The van der Waals surface area contributed by atoms with E-state index in [0.29, 0.717) is 11.9 Å². The van der Waals surface area contributed by atoms with Gasteiger partial charge < -0.3 is 14.2 Å². The van der Waals surface area contributed by atoms with Gasteiger partial charge in [-0.1, -0.05) is 24.3 Å². The molecule has 0 unspecified atom stereocenters. The van der Waals surface area contributed by atoms with Crippen LogP contribution in [0, 0.1) is 0 Å². The second-order valence-corrected chi connectivity index (χ2v) is 7.15. The Balaban J connectivity index is 1.69. The van der Waals surface area contributed by atoms with Gasteiger partial charge in [0.1, 0.15) is 11.3 Å². The van der Waals surface area contributed by atoms with Gasteiger partial charge >= 0.3 is 0 Å². The predicted octanol–water partition coefficient (Wildman–Crippen LogP) is 3.40. The Bertz CT molecular complexity index is 1080. The quantitative estimate of drug-likeness (QED) is 0.715. The van der Waals surface area contributed by atoms with Crippen molar-refractivity contribution in [1.29, 1.82) is 0 Å². The number of benzene rings is 2. The number of pyridine rings is 1. The molecular formula is C22H22N2O3. The fourth-order valence-electron chi connectivity index (χ4n) is 3.85. The highest BCUT2D eigenvalue weighted by molar-refractivity contribution is 5.98. The van der Waals surface area contributed by atoms with Gasteiger partial charge in [-0.25, -0.2) is 0 Å². The highest BCUT2D eigenvalue weighted by Gasteiger charge is 2.25. The fraction of sp³-hybridized carbons (Fsp3) is 0.273. The maximum atomic E-state index is 13.0. The average Bonchev–Trinajstić information content (AvgIpc) is 3.00. The molecule has 0 saturated heterocycles. The van der Waals surface area contributed by atoms with E-state index < -0.39 is 0 Å². The lowest BCUT2D eigenvalue weighted by Crippen LogP contribution is -2.31. The lowest BCUT2D eigenvalue weighted by molar-refractivity contribution is 0.0783. The van der Waals surface area contributed by atoms with Crippen molar-refractivity contribution in [2.75, 3.05) is 14.2 Å². The van der Waals surface area contributed by atoms with Crippen molar-refractivity contribution in [3.63, 3.8) is 0 Å². The largest absolute Gasteiger partial charge is 0.497 e. The maximum absolute atomic E-state index is 13.0. The molecule has 0 aliphatic carbocycles. The van der Waals surface area contributed by atoms with Crippen LogP contribution in [0.4, 0.5) is 0 Å². The van der Waals surface area contributed by atoms with Gasteiger partial charge in [0.2, 0.25) is 5.43 Å². The van der Waals surface area contributed by atoms with E-state index >= 15 is 0 Å². The second kappa shape index (κ2) is 6.58. The van der Waals surface area contributed by atoms with Gasteiger partial charge in [0.25, 0.3) is 5.91 Å². The molecule has 0 N–H and O–H groups in total. The Labute approximate surface area is 157 Å². The van der Waals surface area contributed by atoms with Gasteiger partial charge in [0, 0.05) is 31.2 Å². The second-order valence-electron chi connectivity index (χ2n) is 7.15. The lowest BCUT2D eigenvalue weighted by Gasteiger charge is -2.19. The Morgan fingerprint density at radius 3 is 2.67 bits per heavy atom. The molecule has 27 heavy (non-hydrogen) atoms. The van der Waals surface area contributed by atoms with Crippen molar-refractivity contribution in [2.24, 2.45) is 0 Å². The third-order valence-electron chi connectivity index (χ3n) is 5.28. The lowest BCUT2D eigenvalue weighted by atomic mass is 10.1. The minimum absolute atomic E-state index is 0.191. The Morgan fingerprint density at radius 2 is 1.96 bits per heavy atom. The first-order valence-electron chi connectivity index (χ1n) is 9.04. The number of methoxy groups -OCH3 is 1. The molecule has 2 heterocycles. The van der Waals surface area contributed by atoms with Gasteiger partial charge in [-0.05, 0) is 42.7 Å². The number of aromatic nitrogens is 1. The van der Waals surface area contributed by atoms with E-state index in [4.69, 9.17) is 4.74 Å². The Kier molecular flexibility index (Phi) is 4.22. The summed E-state index contributed by atoms with van der Waals surface area (Å²) in [5.41, 5.74) is 3.15. The fourth-order valence-corrected chi connectivity index (χ4v) is 3.85. The van der Waals surface area contributed by atoms with Crippen LogP contribution in [0.15, 0.2) is 53.5 Å². The molecule has 5 nitrogen and oxygen atoms in total. The highest BCUT2D eigenvalue weighted by atomic mass is 16.5.